The summed E-state index contributed by atoms with van der Waals surface area (Å²) in [5, 5.41) is 3.28. The van der Waals surface area contributed by atoms with Gasteiger partial charge in [0.05, 0.1) is 11.2 Å². The third-order valence-corrected chi connectivity index (χ3v) is 5.31. The molecule has 6 heteroatoms. The van der Waals surface area contributed by atoms with E-state index in [0.717, 1.165) is 37.0 Å². The van der Waals surface area contributed by atoms with Crippen LogP contribution in [-0.2, 0) is 10.3 Å². The van der Waals surface area contributed by atoms with Gasteiger partial charge in [0, 0.05) is 11.7 Å². The van der Waals surface area contributed by atoms with Gasteiger partial charge in [-0.15, -0.1) is 0 Å². The summed E-state index contributed by atoms with van der Waals surface area (Å²) < 4.78 is 14.0. The number of benzene rings is 1. The Labute approximate surface area is 133 Å². The molecule has 0 bridgehead atoms. The van der Waals surface area contributed by atoms with Crippen LogP contribution in [0.5, 0.6) is 0 Å². The average molecular weight is 321 g/mol. The summed E-state index contributed by atoms with van der Waals surface area (Å²) in [5.74, 6) is 0.405. The fourth-order valence-electron chi connectivity index (χ4n) is 2.76. The number of carbonyl (C=O) groups excluding carboxylic acids is 1. The Hall–Kier alpha value is -1.56. The zero-order valence-corrected chi connectivity index (χ0v) is 13.4. The molecule has 3 N–H and O–H groups in total. The normalized spacial score (nSPS) is 25.3. The van der Waals surface area contributed by atoms with Gasteiger partial charge in [0.1, 0.15) is 5.82 Å². The molecule has 3 rings (SSSR count). The topological polar surface area (TPSA) is 67.5 Å². The summed E-state index contributed by atoms with van der Waals surface area (Å²) in [5.41, 5.74) is 6.49. The van der Waals surface area contributed by atoms with Crippen LogP contribution < -0.4 is 11.1 Å². The average Bonchev–Trinajstić information content (AvgIpc) is 2.38. The summed E-state index contributed by atoms with van der Waals surface area (Å²) in [4.78, 5) is 16.6. The van der Waals surface area contributed by atoms with Crippen LogP contribution in [-0.4, -0.2) is 16.8 Å². The molecule has 0 spiro atoms. The number of amides is 1. The summed E-state index contributed by atoms with van der Waals surface area (Å²) in [7, 11) is 0. The molecule has 4 nitrogen and oxygen atoms in total. The predicted molar refractivity (Wildman–Crippen MR) is 88.4 cm³/mol. The van der Waals surface area contributed by atoms with Crippen LogP contribution in [0, 0.1) is 11.7 Å². The summed E-state index contributed by atoms with van der Waals surface area (Å²) in [6, 6.07) is 4.81. The van der Waals surface area contributed by atoms with Crippen molar-refractivity contribution in [1.82, 2.24) is 0 Å². The number of rotatable bonds is 3. The number of nitrogens with zero attached hydrogens (tertiary/aromatic N) is 1. The second-order valence-corrected chi connectivity index (χ2v) is 7.25. The van der Waals surface area contributed by atoms with E-state index >= 15 is 0 Å². The number of nitrogens with one attached hydrogen (secondary N) is 1. The molecule has 0 radical (unpaired) electrons. The molecule has 1 aromatic rings. The smallest absolute Gasteiger partial charge is 0.227 e. The van der Waals surface area contributed by atoms with Gasteiger partial charge in [-0.2, -0.15) is 0 Å². The number of nitrogens with two attached hydrogens (primary N) is 1. The van der Waals surface area contributed by atoms with Gasteiger partial charge >= 0.3 is 0 Å². The highest BCUT2D eigenvalue weighted by Gasteiger charge is 2.31. The maximum atomic E-state index is 14.0. The molecule has 118 valence electrons. The monoisotopic (exact) mass is 321 g/mol. The fourth-order valence-corrected chi connectivity index (χ4v) is 3.73. The van der Waals surface area contributed by atoms with Gasteiger partial charge in [0.25, 0.3) is 0 Å². The van der Waals surface area contributed by atoms with Crippen molar-refractivity contribution in [1.29, 1.82) is 0 Å². The third-order valence-electron chi connectivity index (χ3n) is 4.52. The van der Waals surface area contributed by atoms with Gasteiger partial charge in [-0.3, -0.25) is 9.79 Å². The fraction of sp³-hybridized carbons (Fsp3) is 0.500. The Kier molecular flexibility index (Phi) is 4.12. The molecule has 1 heterocycles. The lowest BCUT2D eigenvalue weighted by molar-refractivity contribution is -0.122. The Morgan fingerprint density at radius 2 is 2.27 bits per heavy atom. The lowest BCUT2D eigenvalue weighted by Gasteiger charge is -2.30. The van der Waals surface area contributed by atoms with Crippen LogP contribution in [0.1, 0.15) is 38.2 Å². The highest BCUT2D eigenvalue weighted by Crippen LogP contribution is 2.37. The SMILES string of the molecule is CC1(c2ccc(F)c(NC(=O)C3CCC3)c2)CCSC(N)=N1. The van der Waals surface area contributed by atoms with E-state index in [-0.39, 0.29) is 17.5 Å². The minimum atomic E-state index is -0.459. The molecule has 0 aromatic heterocycles. The molecule has 1 saturated carbocycles. The van der Waals surface area contributed by atoms with Gasteiger partial charge in [-0.1, -0.05) is 24.2 Å². The Morgan fingerprint density at radius 3 is 2.91 bits per heavy atom. The molecular weight excluding hydrogens is 301 g/mol. The van der Waals surface area contributed by atoms with E-state index in [1.807, 2.05) is 6.92 Å². The zero-order chi connectivity index (χ0) is 15.7. The molecule has 1 aliphatic carbocycles. The minimum absolute atomic E-state index is 0.0263. The van der Waals surface area contributed by atoms with Crippen molar-refractivity contribution in [3.05, 3.63) is 29.6 Å². The van der Waals surface area contributed by atoms with Crippen molar-refractivity contribution >= 4 is 28.5 Å². The third kappa shape index (κ3) is 2.97. The molecule has 1 amide bonds. The van der Waals surface area contributed by atoms with Gasteiger partial charge in [0.2, 0.25) is 5.91 Å². The van der Waals surface area contributed by atoms with Crippen LogP contribution in [0.4, 0.5) is 10.1 Å². The van der Waals surface area contributed by atoms with Gasteiger partial charge in [-0.05, 0) is 43.9 Å². The standard InChI is InChI=1S/C16H20FN3OS/c1-16(7-8-22-15(18)20-16)11-5-6-12(17)13(9-11)19-14(21)10-3-2-4-10/h5-6,9-10H,2-4,7-8H2,1H3,(H2,18,20)(H,19,21). The van der Waals surface area contributed by atoms with Crippen molar-refractivity contribution in [3.8, 4) is 0 Å². The molecule has 0 saturated heterocycles. The Morgan fingerprint density at radius 1 is 1.50 bits per heavy atom. The minimum Gasteiger partial charge on any atom is -0.379 e. The zero-order valence-electron chi connectivity index (χ0n) is 12.6. The summed E-state index contributed by atoms with van der Waals surface area (Å²) in [6.07, 6.45) is 3.69. The number of aliphatic imine (C=N–C) groups is 1. The number of hydrogen-bond acceptors (Lipinski definition) is 4. The van der Waals surface area contributed by atoms with E-state index in [1.165, 1.54) is 17.8 Å². The molecule has 22 heavy (non-hydrogen) atoms. The molecule has 1 fully saturated rings. The first-order valence-corrected chi connectivity index (χ1v) is 8.55. The first-order valence-electron chi connectivity index (χ1n) is 7.57. The highest BCUT2D eigenvalue weighted by atomic mass is 32.2. The van der Waals surface area contributed by atoms with Crippen molar-refractivity contribution in [2.45, 2.75) is 38.1 Å². The maximum Gasteiger partial charge on any atom is 0.227 e. The quantitative estimate of drug-likeness (QED) is 0.898. The second-order valence-electron chi connectivity index (χ2n) is 6.13. The molecule has 1 unspecified atom stereocenters. The number of halogens is 1. The van der Waals surface area contributed by atoms with Gasteiger partial charge in [-0.25, -0.2) is 4.39 Å². The number of carbonyl (C=O) groups is 1. The van der Waals surface area contributed by atoms with E-state index in [4.69, 9.17) is 5.73 Å². The van der Waals surface area contributed by atoms with E-state index in [1.54, 1.807) is 12.1 Å². The Bertz CT molecular complexity index is 630. The first kappa shape index (κ1) is 15.3. The number of anilines is 1. The molecule has 1 atom stereocenters. The molecule has 2 aliphatic rings. The highest BCUT2D eigenvalue weighted by molar-refractivity contribution is 8.13. The summed E-state index contributed by atoms with van der Waals surface area (Å²) >= 11 is 1.53. The lowest BCUT2D eigenvalue weighted by Crippen LogP contribution is -2.30. The van der Waals surface area contributed by atoms with Crippen molar-refractivity contribution in [2.24, 2.45) is 16.6 Å². The van der Waals surface area contributed by atoms with Gasteiger partial charge < -0.3 is 11.1 Å². The number of hydrogen-bond donors (Lipinski definition) is 2. The van der Waals surface area contributed by atoms with E-state index in [0.29, 0.717) is 5.17 Å². The predicted octanol–water partition coefficient (Wildman–Crippen LogP) is 3.23. The molecule has 1 aromatic carbocycles. The van der Waals surface area contributed by atoms with Crippen molar-refractivity contribution in [3.63, 3.8) is 0 Å². The Balaban J connectivity index is 1.86. The summed E-state index contributed by atoms with van der Waals surface area (Å²) in [6.45, 7) is 1.99. The van der Waals surface area contributed by atoms with Crippen LogP contribution in [0.15, 0.2) is 23.2 Å². The van der Waals surface area contributed by atoms with Crippen LogP contribution in [0.3, 0.4) is 0 Å². The maximum absolute atomic E-state index is 14.0. The van der Waals surface area contributed by atoms with Crippen LogP contribution in [0.2, 0.25) is 0 Å². The number of thioether (sulfide) groups is 1. The largest absolute Gasteiger partial charge is 0.379 e. The van der Waals surface area contributed by atoms with Crippen LogP contribution in [0.25, 0.3) is 0 Å². The van der Waals surface area contributed by atoms with Gasteiger partial charge in [0.15, 0.2) is 5.17 Å². The van der Waals surface area contributed by atoms with Crippen molar-refractivity contribution in [2.75, 3.05) is 11.1 Å². The van der Waals surface area contributed by atoms with Crippen LogP contribution >= 0.6 is 11.8 Å². The van der Waals surface area contributed by atoms with E-state index in [9.17, 15) is 9.18 Å². The second kappa shape index (κ2) is 5.91. The first-order chi connectivity index (χ1) is 10.5. The molecular formula is C16H20FN3OS. The van der Waals surface area contributed by atoms with E-state index < -0.39 is 11.4 Å². The molecule has 1 aliphatic heterocycles. The van der Waals surface area contributed by atoms with Crippen molar-refractivity contribution < 1.29 is 9.18 Å². The number of amidine groups is 1. The van der Waals surface area contributed by atoms with E-state index in [2.05, 4.69) is 10.3 Å². The lowest BCUT2D eigenvalue weighted by atomic mass is 9.84.